The molecule has 0 spiro atoms. The summed E-state index contributed by atoms with van der Waals surface area (Å²) < 4.78 is 60.3. The Morgan fingerprint density at radius 2 is 0.761 bits per heavy atom. The van der Waals surface area contributed by atoms with Gasteiger partial charge in [0.1, 0.15) is 73.1 Å². The van der Waals surface area contributed by atoms with E-state index in [-0.39, 0.29) is 17.6 Å². The third-order valence-corrected chi connectivity index (χ3v) is 23.0. The molecule has 524 valence electrons. The number of unbranched alkanes of at least 4 members (excludes halogenated alkanes) is 29. The van der Waals surface area contributed by atoms with Crippen molar-refractivity contribution in [3.05, 3.63) is 0 Å². The highest BCUT2D eigenvalue weighted by Crippen LogP contribution is 2.34. The van der Waals surface area contributed by atoms with Gasteiger partial charge in [0.05, 0.1) is 38.6 Å². The van der Waals surface area contributed by atoms with Gasteiger partial charge in [0.15, 0.2) is 12.6 Å². The number of rotatable bonds is 52. The van der Waals surface area contributed by atoms with Crippen LogP contribution in [0.2, 0.25) is 0 Å². The van der Waals surface area contributed by atoms with Gasteiger partial charge in [-0.3, -0.25) is 4.21 Å². The van der Waals surface area contributed by atoms with Crippen molar-refractivity contribution in [1.29, 1.82) is 0 Å². The maximum absolute atomic E-state index is 14.5. The van der Waals surface area contributed by atoms with E-state index in [0.29, 0.717) is 50.9 Å². The van der Waals surface area contributed by atoms with Crippen LogP contribution in [0.15, 0.2) is 8.73 Å². The first-order valence-electron chi connectivity index (χ1n) is 35.2. The number of aliphatic hydroxyl groups excluding tert-OH is 12. The van der Waals surface area contributed by atoms with Gasteiger partial charge in [-0.15, -0.1) is 0 Å². The fourth-order valence-electron chi connectivity index (χ4n) is 12.8. The number of nitrogens with zero attached hydrogens (tertiary/aromatic N) is 2. The van der Waals surface area contributed by atoms with Crippen molar-refractivity contribution in [1.82, 2.24) is 0 Å². The van der Waals surface area contributed by atoms with Crippen molar-refractivity contribution >= 4 is 19.5 Å². The van der Waals surface area contributed by atoms with Crippen LogP contribution in [0.25, 0.3) is 0 Å². The normalized spacial score (nSPS) is 28.7. The zero-order valence-electron chi connectivity index (χ0n) is 55.0. The molecular formula is C66H130N2O18S2. The summed E-state index contributed by atoms with van der Waals surface area (Å²) >= 11 is 0. The van der Waals surface area contributed by atoms with E-state index in [4.69, 9.17) is 23.3 Å². The smallest absolute Gasteiger partial charge is 0.186 e. The summed E-state index contributed by atoms with van der Waals surface area (Å²) in [7, 11) is -5.76. The fraction of sp³-hybridized carbons (Fsp3) is 1.00. The Hall–Kier alpha value is -0.740. The second kappa shape index (κ2) is 47.2. The minimum Gasteiger partial charge on any atom is -0.394 e. The molecule has 0 aromatic heterocycles. The highest BCUT2D eigenvalue weighted by atomic mass is 32.2. The molecule has 0 bridgehead atoms. The summed E-state index contributed by atoms with van der Waals surface area (Å²) in [6.45, 7) is 2.41. The SMILES string of the molecule is CCCCCCCCCCCCCC[C@@H](O)[C@@H](O)[C@H](COC1OC(CO)C(O)C(O)C1O)N=S(C)(=O)CCCCCCCCCCC1CCC(S(C)(=O)=N[C@@H](COC2OC(CO)C(O)C(O)C2O)[C@H](O)[C@H](O)CCCCCCCCCCCCCC)CC1. The average molecular weight is 1300 g/mol. The molecule has 1 saturated carbocycles. The van der Waals surface area contributed by atoms with Crippen LogP contribution in [0.3, 0.4) is 0 Å². The van der Waals surface area contributed by atoms with Gasteiger partial charge in [-0.05, 0) is 50.9 Å². The topological polar surface area (TPSA) is 339 Å². The Balaban J connectivity index is 1.44. The van der Waals surface area contributed by atoms with Crippen molar-refractivity contribution in [2.75, 3.05) is 44.7 Å². The van der Waals surface area contributed by atoms with E-state index in [1.54, 1.807) is 6.26 Å². The summed E-state index contributed by atoms with van der Waals surface area (Å²) in [5.41, 5.74) is 0. The van der Waals surface area contributed by atoms with Gasteiger partial charge in [0.25, 0.3) is 0 Å². The van der Waals surface area contributed by atoms with Crippen LogP contribution in [0.1, 0.15) is 264 Å². The number of hydrogen-bond donors (Lipinski definition) is 12. The first-order valence-corrected chi connectivity index (χ1v) is 39.2. The van der Waals surface area contributed by atoms with Crippen molar-refractivity contribution in [2.24, 2.45) is 14.6 Å². The van der Waals surface area contributed by atoms with Crippen LogP contribution >= 0.6 is 0 Å². The van der Waals surface area contributed by atoms with Crippen molar-refractivity contribution in [3.8, 4) is 0 Å². The first kappa shape index (κ1) is 81.5. The van der Waals surface area contributed by atoms with E-state index in [1.807, 2.05) is 0 Å². The molecule has 0 aromatic rings. The van der Waals surface area contributed by atoms with Gasteiger partial charge < -0.3 is 80.2 Å². The van der Waals surface area contributed by atoms with Gasteiger partial charge in [-0.25, -0.2) is 12.9 Å². The molecule has 2 aliphatic heterocycles. The Labute approximate surface area is 532 Å². The lowest BCUT2D eigenvalue weighted by Crippen LogP contribution is -2.59. The minimum absolute atomic E-state index is 0.229. The van der Waals surface area contributed by atoms with Crippen molar-refractivity contribution in [3.63, 3.8) is 0 Å². The maximum atomic E-state index is 14.5. The van der Waals surface area contributed by atoms with E-state index >= 15 is 0 Å². The highest BCUT2D eigenvalue weighted by Gasteiger charge is 2.46. The maximum Gasteiger partial charge on any atom is 0.186 e. The predicted octanol–water partition coefficient (Wildman–Crippen LogP) is 8.25. The second-order valence-electron chi connectivity index (χ2n) is 26.7. The van der Waals surface area contributed by atoms with Crippen LogP contribution in [0.4, 0.5) is 0 Å². The van der Waals surface area contributed by atoms with E-state index in [9.17, 15) is 69.7 Å². The van der Waals surface area contributed by atoms with Crippen molar-refractivity contribution in [2.45, 2.75) is 367 Å². The van der Waals surface area contributed by atoms with E-state index in [1.165, 1.54) is 109 Å². The zero-order valence-corrected chi connectivity index (χ0v) is 56.7. The van der Waals surface area contributed by atoms with E-state index in [0.717, 1.165) is 103 Å². The molecule has 88 heavy (non-hydrogen) atoms. The molecule has 12 N–H and O–H groups in total. The molecule has 3 rings (SSSR count). The lowest BCUT2D eigenvalue weighted by atomic mass is 9.85. The molecule has 20 nitrogen and oxygen atoms in total. The Morgan fingerprint density at radius 1 is 0.432 bits per heavy atom. The number of ether oxygens (including phenoxy) is 4. The molecule has 12 unspecified atom stereocenters. The Kier molecular flexibility index (Phi) is 43.7. The summed E-state index contributed by atoms with van der Waals surface area (Å²) in [6, 6.07) is -2.28. The van der Waals surface area contributed by atoms with Crippen molar-refractivity contribution < 1.29 is 88.6 Å². The molecule has 2 heterocycles. The summed E-state index contributed by atoms with van der Waals surface area (Å²) in [5, 5.41) is 127. The average Bonchev–Trinajstić information content (AvgIpc) is 2.01. The molecule has 18 atom stereocenters. The molecule has 0 aromatic carbocycles. The second-order valence-corrected chi connectivity index (χ2v) is 31.8. The lowest BCUT2D eigenvalue weighted by Gasteiger charge is -2.40. The van der Waals surface area contributed by atoms with Gasteiger partial charge >= 0.3 is 0 Å². The van der Waals surface area contributed by atoms with E-state index < -0.39 is 137 Å². The third kappa shape index (κ3) is 32.1. The standard InChI is InChI=1S/C66H130N2O18S2/c1-5-7-9-11-13-15-17-19-21-26-30-34-38-53(71)57(73)51(47-83-65-63(79)61(77)59(75)55(45-69)85-65)67-87(3,81)44-36-32-28-24-23-25-29-33-37-49-40-42-50(43-41-49)88(4,82)68-52(48-84-66-64(80)62(78)60(76)56(46-70)86-66)58(74)54(72)39-35-31-27-22-20-18-16-14-12-10-8-6-2/h49-66,69-80H,5-48H2,1-4H3/t49?,50?,51-,52-,53+,54+,55?,56?,57-,58-,59?,60?,61?,62?,63?,64?,65?,66?,87?,88?/m0/s1. The minimum atomic E-state index is -2.90. The Bertz CT molecular complexity index is 1970. The molecule has 22 heteroatoms. The largest absolute Gasteiger partial charge is 0.394 e. The third-order valence-electron chi connectivity index (χ3n) is 18.8. The quantitative estimate of drug-likeness (QED) is 0.0255. The Morgan fingerprint density at radius 3 is 1.12 bits per heavy atom. The molecule has 0 amide bonds. The van der Waals surface area contributed by atoms with Crippen LogP contribution in [0, 0.1) is 5.92 Å². The number of aliphatic hydroxyl groups is 12. The fourth-order valence-corrected chi connectivity index (χ4v) is 16.5. The molecular weight excluding hydrogens is 1170 g/mol. The van der Waals surface area contributed by atoms with Crippen LogP contribution < -0.4 is 0 Å². The monoisotopic (exact) mass is 1300 g/mol. The first-order chi connectivity index (χ1) is 42.2. The number of hydrogen-bond acceptors (Lipinski definition) is 20. The summed E-state index contributed by atoms with van der Waals surface area (Å²) in [4.78, 5) is 0. The van der Waals surface area contributed by atoms with Gasteiger partial charge in [0.2, 0.25) is 0 Å². The lowest BCUT2D eigenvalue weighted by molar-refractivity contribution is -0.302. The van der Waals surface area contributed by atoms with Crippen LogP contribution in [-0.2, 0) is 38.4 Å². The van der Waals surface area contributed by atoms with E-state index in [2.05, 4.69) is 18.2 Å². The van der Waals surface area contributed by atoms with Crippen LogP contribution in [0.5, 0.6) is 0 Å². The highest BCUT2D eigenvalue weighted by molar-refractivity contribution is 7.93. The molecule has 3 fully saturated rings. The van der Waals surface area contributed by atoms with Crippen LogP contribution in [-0.4, -0.2) is 218 Å². The predicted molar refractivity (Wildman–Crippen MR) is 348 cm³/mol. The molecule has 3 aliphatic rings. The summed E-state index contributed by atoms with van der Waals surface area (Å²) in [6.07, 6.45) is 23.4. The zero-order chi connectivity index (χ0) is 64.7. The van der Waals surface area contributed by atoms with Gasteiger partial charge in [-0.2, -0.15) is 0 Å². The summed E-state index contributed by atoms with van der Waals surface area (Å²) in [5.74, 6) is 0.774. The molecule has 1 aliphatic carbocycles. The molecule has 0 radical (unpaired) electrons. The van der Waals surface area contributed by atoms with Gasteiger partial charge in [0, 0.05) is 43.0 Å². The molecule has 2 saturated heterocycles. The van der Waals surface area contributed by atoms with Gasteiger partial charge in [-0.1, -0.05) is 219 Å².